The number of hydrogen-bond donors (Lipinski definition) is 1. The molecular weight excluding hydrogens is 433 g/mol. The minimum atomic E-state index is -3.19. The molecule has 0 saturated heterocycles. The van der Waals surface area contributed by atoms with Gasteiger partial charge in [0, 0.05) is 18.0 Å². The fraction of sp³-hybridized carbons (Fsp3) is 0.364. The number of hydrogen-bond acceptors (Lipinski definition) is 8. The van der Waals surface area contributed by atoms with E-state index in [2.05, 4.69) is 15.3 Å². The third-order valence-electron chi connectivity index (χ3n) is 4.62. The van der Waals surface area contributed by atoms with Crippen molar-refractivity contribution in [1.82, 2.24) is 4.98 Å². The smallest absolute Gasteiger partial charge is 0.339 e. The van der Waals surface area contributed by atoms with Crippen molar-refractivity contribution in [2.24, 2.45) is 4.99 Å². The van der Waals surface area contributed by atoms with E-state index in [1.165, 1.54) is 12.4 Å². The van der Waals surface area contributed by atoms with Crippen LogP contribution in [-0.2, 0) is 29.3 Å². The Hall–Kier alpha value is -2.87. The number of benzene rings is 1. The van der Waals surface area contributed by atoms with E-state index >= 15 is 0 Å². The Balaban J connectivity index is 1.74. The highest BCUT2D eigenvalue weighted by atomic mass is 31.2. The van der Waals surface area contributed by atoms with Gasteiger partial charge in [0.25, 0.3) is 0 Å². The molecule has 0 spiro atoms. The molecule has 2 aromatic rings. The van der Waals surface area contributed by atoms with E-state index in [1.807, 2.05) is 0 Å². The van der Waals surface area contributed by atoms with Crippen molar-refractivity contribution in [2.45, 2.75) is 32.9 Å². The molecule has 170 valence electrons. The number of amides is 1. The van der Waals surface area contributed by atoms with Crippen LogP contribution in [0.15, 0.2) is 41.5 Å². The number of carbonyl (C=O) groups excluding carboxylic acids is 2. The Morgan fingerprint density at radius 2 is 1.84 bits per heavy atom. The molecule has 0 bridgehead atoms. The highest BCUT2D eigenvalue weighted by molar-refractivity contribution is 7.53. The van der Waals surface area contributed by atoms with Crippen molar-refractivity contribution in [3.8, 4) is 0 Å². The van der Waals surface area contributed by atoms with Crippen LogP contribution in [0.25, 0.3) is 0 Å². The minimum Gasteiger partial charge on any atom is -0.462 e. The SMILES string of the molecule is CCOC(=O)c1cnc2c(c1)C(C=Nc1ccc(CP(=O)(OCC)OCC)cc1)C(=O)N2. The number of rotatable bonds is 10. The van der Waals surface area contributed by atoms with Crippen LogP contribution in [0.1, 0.15) is 48.2 Å². The maximum Gasteiger partial charge on any atom is 0.339 e. The minimum absolute atomic E-state index is 0.166. The summed E-state index contributed by atoms with van der Waals surface area (Å²) >= 11 is 0. The molecule has 0 aliphatic carbocycles. The lowest BCUT2D eigenvalue weighted by atomic mass is 10.0. The summed E-state index contributed by atoms with van der Waals surface area (Å²) in [7, 11) is -3.19. The van der Waals surface area contributed by atoms with Crippen molar-refractivity contribution in [3.63, 3.8) is 0 Å². The summed E-state index contributed by atoms with van der Waals surface area (Å²) in [6.45, 7) is 6.11. The first-order valence-electron chi connectivity index (χ1n) is 10.4. The second-order valence-corrected chi connectivity index (χ2v) is 8.95. The van der Waals surface area contributed by atoms with Crippen molar-refractivity contribution < 1.29 is 27.9 Å². The number of ether oxygens (including phenoxy) is 1. The predicted molar refractivity (Wildman–Crippen MR) is 121 cm³/mol. The van der Waals surface area contributed by atoms with Crippen LogP contribution in [0.5, 0.6) is 0 Å². The standard InChI is InChI=1S/C22H26N3O6P/c1-4-29-22(27)16-11-18-19(21(26)25-20(18)24-12-16)13-23-17-9-7-15(8-10-17)14-32(28,30-5-2)31-6-3/h7-13,19H,4-6,14H2,1-3H3,(H,24,25,26). The first-order chi connectivity index (χ1) is 15.4. The zero-order valence-corrected chi connectivity index (χ0v) is 19.1. The summed E-state index contributed by atoms with van der Waals surface area (Å²) in [5.74, 6) is -1.05. The number of fused-ring (bicyclic) bond motifs is 1. The van der Waals surface area contributed by atoms with Gasteiger partial charge in [0.1, 0.15) is 11.7 Å². The fourth-order valence-corrected chi connectivity index (χ4v) is 4.93. The van der Waals surface area contributed by atoms with E-state index in [1.54, 1.807) is 51.1 Å². The van der Waals surface area contributed by atoms with E-state index in [0.29, 0.717) is 30.3 Å². The Kier molecular flexibility index (Phi) is 7.90. The van der Waals surface area contributed by atoms with Crippen LogP contribution >= 0.6 is 7.60 Å². The topological polar surface area (TPSA) is 116 Å². The van der Waals surface area contributed by atoms with Crippen molar-refractivity contribution >= 4 is 37.2 Å². The Morgan fingerprint density at radius 3 is 2.47 bits per heavy atom. The van der Waals surface area contributed by atoms with Gasteiger partial charge in [-0.2, -0.15) is 0 Å². The highest BCUT2D eigenvalue weighted by Gasteiger charge is 2.31. The number of nitrogens with zero attached hydrogens (tertiary/aromatic N) is 2. The van der Waals surface area contributed by atoms with E-state index in [-0.39, 0.29) is 24.2 Å². The van der Waals surface area contributed by atoms with Crippen LogP contribution in [0.4, 0.5) is 11.5 Å². The molecule has 1 atom stereocenters. The van der Waals surface area contributed by atoms with Crippen LogP contribution in [0.3, 0.4) is 0 Å². The van der Waals surface area contributed by atoms with E-state index < -0.39 is 19.5 Å². The quantitative estimate of drug-likeness (QED) is 0.317. The molecule has 1 aliphatic heterocycles. The largest absolute Gasteiger partial charge is 0.462 e. The van der Waals surface area contributed by atoms with Gasteiger partial charge in [-0.25, -0.2) is 9.78 Å². The highest BCUT2D eigenvalue weighted by Crippen LogP contribution is 2.51. The second-order valence-electron chi connectivity index (χ2n) is 6.90. The zero-order chi connectivity index (χ0) is 23.1. The summed E-state index contributed by atoms with van der Waals surface area (Å²) in [5, 5.41) is 2.69. The molecule has 32 heavy (non-hydrogen) atoms. The van der Waals surface area contributed by atoms with Gasteiger partial charge in [-0.1, -0.05) is 12.1 Å². The maximum absolute atomic E-state index is 12.7. The number of aliphatic imine (C=N–C) groups is 1. The van der Waals surface area contributed by atoms with E-state index in [4.69, 9.17) is 13.8 Å². The van der Waals surface area contributed by atoms with Crippen molar-refractivity contribution in [2.75, 3.05) is 25.1 Å². The van der Waals surface area contributed by atoms with Gasteiger partial charge in [-0.15, -0.1) is 0 Å². The van der Waals surface area contributed by atoms with Gasteiger partial charge in [-0.05, 0) is 44.5 Å². The monoisotopic (exact) mass is 459 g/mol. The van der Waals surface area contributed by atoms with Gasteiger partial charge < -0.3 is 19.1 Å². The third kappa shape index (κ3) is 5.68. The number of esters is 1. The lowest BCUT2D eigenvalue weighted by molar-refractivity contribution is -0.115. The number of anilines is 1. The molecule has 1 aromatic carbocycles. The molecule has 0 saturated carbocycles. The van der Waals surface area contributed by atoms with Crippen LogP contribution in [-0.4, -0.2) is 42.9 Å². The number of pyridine rings is 1. The van der Waals surface area contributed by atoms with Gasteiger partial charge in [0.15, 0.2) is 0 Å². The maximum atomic E-state index is 12.7. The van der Waals surface area contributed by atoms with Crippen molar-refractivity contribution in [1.29, 1.82) is 0 Å². The molecule has 1 aromatic heterocycles. The summed E-state index contributed by atoms with van der Waals surface area (Å²) in [6, 6.07) is 8.70. The van der Waals surface area contributed by atoms with Crippen LogP contribution < -0.4 is 5.32 Å². The Bertz CT molecular complexity index is 1040. The average Bonchev–Trinajstić information content (AvgIpc) is 3.08. The molecule has 2 heterocycles. The normalized spacial score (nSPS) is 15.6. The lowest BCUT2D eigenvalue weighted by Gasteiger charge is -2.16. The average molecular weight is 459 g/mol. The molecule has 3 rings (SSSR count). The zero-order valence-electron chi connectivity index (χ0n) is 18.2. The molecule has 0 fully saturated rings. The lowest BCUT2D eigenvalue weighted by Crippen LogP contribution is -2.13. The first kappa shape index (κ1) is 23.8. The van der Waals surface area contributed by atoms with Gasteiger partial charge >= 0.3 is 13.6 Å². The molecular formula is C22H26N3O6P. The summed E-state index contributed by atoms with van der Waals surface area (Å²) in [4.78, 5) is 32.9. The summed E-state index contributed by atoms with van der Waals surface area (Å²) in [6.07, 6.45) is 3.05. The molecule has 9 nitrogen and oxygen atoms in total. The van der Waals surface area contributed by atoms with Gasteiger partial charge in [0.05, 0.1) is 37.2 Å². The number of nitrogens with one attached hydrogen (secondary N) is 1. The first-order valence-corrected chi connectivity index (χ1v) is 12.1. The molecule has 10 heteroatoms. The van der Waals surface area contributed by atoms with E-state index in [9.17, 15) is 14.2 Å². The molecule has 1 amide bonds. The van der Waals surface area contributed by atoms with Crippen molar-refractivity contribution in [3.05, 3.63) is 53.2 Å². The van der Waals surface area contributed by atoms with E-state index in [0.717, 1.165) is 5.56 Å². The summed E-state index contributed by atoms with van der Waals surface area (Å²) < 4.78 is 28.3. The van der Waals surface area contributed by atoms with Gasteiger partial charge in [0.2, 0.25) is 5.91 Å². The second kappa shape index (κ2) is 10.6. The van der Waals surface area contributed by atoms with Gasteiger partial charge in [-0.3, -0.25) is 14.4 Å². The van der Waals surface area contributed by atoms with Crippen LogP contribution in [0.2, 0.25) is 0 Å². The number of aromatic nitrogens is 1. The Morgan fingerprint density at radius 1 is 1.16 bits per heavy atom. The molecule has 1 unspecified atom stereocenters. The third-order valence-corrected chi connectivity index (χ3v) is 6.68. The van der Waals surface area contributed by atoms with Crippen LogP contribution in [0, 0.1) is 0 Å². The fourth-order valence-electron chi connectivity index (χ4n) is 3.23. The Labute approximate surface area is 186 Å². The predicted octanol–water partition coefficient (Wildman–Crippen LogP) is 4.46. The summed E-state index contributed by atoms with van der Waals surface area (Å²) in [5.41, 5.74) is 2.25. The molecule has 1 N–H and O–H groups in total. The number of carbonyl (C=O) groups is 2. The molecule has 0 radical (unpaired) electrons. The molecule has 1 aliphatic rings.